The first-order valence-corrected chi connectivity index (χ1v) is 8.21. The Balaban J connectivity index is 1.48. The Morgan fingerprint density at radius 1 is 1.26 bits per heavy atom. The molecule has 23 heavy (non-hydrogen) atoms. The molecule has 1 fully saturated rings. The molecule has 0 amide bonds. The van der Waals surface area contributed by atoms with Gasteiger partial charge in [0.15, 0.2) is 11.6 Å². The molecule has 5 heteroatoms. The number of aromatic nitrogens is 2. The van der Waals surface area contributed by atoms with Crippen LogP contribution < -0.4 is 0 Å². The molecule has 0 unspecified atom stereocenters. The highest BCUT2D eigenvalue weighted by Gasteiger charge is 2.21. The number of ketones is 1. The van der Waals surface area contributed by atoms with Crippen LogP contribution in [0.3, 0.4) is 0 Å². The fraction of sp³-hybridized carbons (Fsp3) is 0.500. The highest BCUT2D eigenvalue weighted by Crippen LogP contribution is 2.22. The van der Waals surface area contributed by atoms with Crippen LogP contribution in [0.15, 0.2) is 28.8 Å². The van der Waals surface area contributed by atoms with Crippen molar-refractivity contribution in [3.63, 3.8) is 0 Å². The first kappa shape index (κ1) is 15.9. The topological polar surface area (TPSA) is 59.2 Å². The van der Waals surface area contributed by atoms with Crippen LogP contribution >= 0.6 is 0 Å². The normalized spacial score (nSPS) is 16.6. The second-order valence-electron chi connectivity index (χ2n) is 6.41. The van der Waals surface area contributed by atoms with E-state index in [2.05, 4.69) is 27.2 Å². The van der Waals surface area contributed by atoms with E-state index in [1.165, 1.54) is 5.56 Å². The molecule has 0 N–H and O–H groups in total. The van der Waals surface area contributed by atoms with Crippen LogP contribution in [0.4, 0.5) is 0 Å². The first-order valence-electron chi connectivity index (χ1n) is 8.21. The maximum absolute atomic E-state index is 11.3. The summed E-state index contributed by atoms with van der Waals surface area (Å²) in [4.78, 5) is 18.1. The minimum atomic E-state index is 0.119. The molecule has 3 rings (SSSR count). The average molecular weight is 313 g/mol. The van der Waals surface area contributed by atoms with Gasteiger partial charge in [0, 0.05) is 18.5 Å². The molecular formula is C18H23N3O2. The van der Waals surface area contributed by atoms with Crippen LogP contribution in [0.1, 0.15) is 47.4 Å². The summed E-state index contributed by atoms with van der Waals surface area (Å²) in [6.07, 6.45) is 3.21. The van der Waals surface area contributed by atoms with Gasteiger partial charge in [-0.1, -0.05) is 29.4 Å². The van der Waals surface area contributed by atoms with E-state index in [-0.39, 0.29) is 5.78 Å². The van der Waals surface area contributed by atoms with Crippen molar-refractivity contribution in [3.8, 4) is 0 Å². The summed E-state index contributed by atoms with van der Waals surface area (Å²) in [6, 6.07) is 7.96. The predicted molar refractivity (Wildman–Crippen MR) is 87.2 cm³/mol. The molecule has 122 valence electrons. The molecule has 1 aliphatic rings. The molecule has 5 nitrogen and oxygen atoms in total. The van der Waals surface area contributed by atoms with Gasteiger partial charge >= 0.3 is 0 Å². The van der Waals surface area contributed by atoms with E-state index in [4.69, 9.17) is 4.52 Å². The molecule has 0 bridgehead atoms. The third-order valence-electron chi connectivity index (χ3n) is 4.51. The first-order chi connectivity index (χ1) is 11.1. The number of piperidine rings is 1. The van der Waals surface area contributed by atoms with Gasteiger partial charge in [-0.3, -0.25) is 9.69 Å². The van der Waals surface area contributed by atoms with Gasteiger partial charge in [0.2, 0.25) is 5.89 Å². The highest BCUT2D eigenvalue weighted by atomic mass is 16.5. The van der Waals surface area contributed by atoms with Crippen molar-refractivity contribution in [2.24, 2.45) is 5.92 Å². The van der Waals surface area contributed by atoms with Crippen LogP contribution in [0, 0.1) is 12.8 Å². The average Bonchev–Trinajstić information content (AvgIpc) is 2.95. The van der Waals surface area contributed by atoms with Gasteiger partial charge in [-0.25, -0.2) is 0 Å². The van der Waals surface area contributed by atoms with Crippen molar-refractivity contribution in [3.05, 3.63) is 47.1 Å². The number of hydrogen-bond acceptors (Lipinski definition) is 5. The van der Waals surface area contributed by atoms with Crippen LogP contribution in [0.5, 0.6) is 0 Å². The van der Waals surface area contributed by atoms with Gasteiger partial charge in [0.1, 0.15) is 0 Å². The number of carbonyl (C=O) groups is 1. The van der Waals surface area contributed by atoms with Crippen molar-refractivity contribution < 1.29 is 9.32 Å². The Bertz CT molecular complexity index is 655. The van der Waals surface area contributed by atoms with Crippen molar-refractivity contribution in [2.45, 2.75) is 39.7 Å². The predicted octanol–water partition coefficient (Wildman–Crippen LogP) is 3.04. The van der Waals surface area contributed by atoms with Crippen LogP contribution in [0.25, 0.3) is 0 Å². The zero-order valence-electron chi connectivity index (χ0n) is 13.8. The number of likely N-dealkylation sites (tertiary alicyclic amines) is 1. The zero-order chi connectivity index (χ0) is 16.2. The van der Waals surface area contributed by atoms with E-state index in [9.17, 15) is 4.79 Å². The number of hydrogen-bond donors (Lipinski definition) is 0. The molecule has 1 aromatic carbocycles. The standard InChI is InChI=1S/C18H23N3O2/c1-13(22)17-5-3-16(4-6-17)12-21-9-7-15(8-10-21)11-18-19-14(2)20-23-18/h3-6,15H,7-12H2,1-2H3. The second kappa shape index (κ2) is 7.04. The Kier molecular flexibility index (Phi) is 4.86. The third-order valence-corrected chi connectivity index (χ3v) is 4.51. The van der Waals surface area contributed by atoms with Gasteiger partial charge in [-0.15, -0.1) is 0 Å². The summed E-state index contributed by atoms with van der Waals surface area (Å²) >= 11 is 0. The minimum absolute atomic E-state index is 0.119. The van der Waals surface area contributed by atoms with Gasteiger partial charge in [0.05, 0.1) is 0 Å². The molecule has 0 radical (unpaired) electrons. The van der Waals surface area contributed by atoms with Gasteiger partial charge < -0.3 is 4.52 Å². The van der Waals surface area contributed by atoms with E-state index < -0.39 is 0 Å². The lowest BCUT2D eigenvalue weighted by Crippen LogP contribution is -2.33. The highest BCUT2D eigenvalue weighted by molar-refractivity contribution is 5.93. The smallest absolute Gasteiger partial charge is 0.226 e. The van der Waals surface area contributed by atoms with Crippen molar-refractivity contribution in [2.75, 3.05) is 13.1 Å². The molecular weight excluding hydrogens is 290 g/mol. The van der Waals surface area contributed by atoms with E-state index in [0.717, 1.165) is 50.4 Å². The molecule has 2 heterocycles. The molecule has 0 aliphatic carbocycles. The summed E-state index contributed by atoms with van der Waals surface area (Å²) < 4.78 is 5.22. The zero-order valence-corrected chi connectivity index (χ0v) is 13.8. The van der Waals surface area contributed by atoms with Crippen molar-refractivity contribution in [1.82, 2.24) is 15.0 Å². The minimum Gasteiger partial charge on any atom is -0.339 e. The number of benzene rings is 1. The molecule has 1 saturated heterocycles. The lowest BCUT2D eigenvalue weighted by Gasteiger charge is -2.31. The van der Waals surface area contributed by atoms with E-state index in [1.54, 1.807) is 6.92 Å². The molecule has 1 aliphatic heterocycles. The summed E-state index contributed by atoms with van der Waals surface area (Å²) in [7, 11) is 0. The quantitative estimate of drug-likeness (QED) is 0.794. The van der Waals surface area contributed by atoms with Crippen LogP contribution in [-0.2, 0) is 13.0 Å². The second-order valence-corrected chi connectivity index (χ2v) is 6.41. The van der Waals surface area contributed by atoms with E-state index in [1.807, 2.05) is 19.1 Å². The lowest BCUT2D eigenvalue weighted by atomic mass is 9.93. The summed E-state index contributed by atoms with van der Waals surface area (Å²) in [5.74, 6) is 2.23. The molecule has 2 aromatic rings. The summed E-state index contributed by atoms with van der Waals surface area (Å²) in [5, 5.41) is 3.85. The number of Topliss-reactive ketones (excluding diaryl/α,β-unsaturated/α-hetero) is 1. The molecule has 1 aromatic heterocycles. The maximum Gasteiger partial charge on any atom is 0.226 e. The SMILES string of the molecule is CC(=O)c1ccc(CN2CCC(Cc3nc(C)no3)CC2)cc1. The van der Waals surface area contributed by atoms with E-state index in [0.29, 0.717) is 11.7 Å². The Labute approximate surface area is 136 Å². The summed E-state index contributed by atoms with van der Waals surface area (Å²) in [6.45, 7) is 6.58. The van der Waals surface area contributed by atoms with Crippen molar-refractivity contribution in [1.29, 1.82) is 0 Å². The van der Waals surface area contributed by atoms with Crippen molar-refractivity contribution >= 4 is 5.78 Å². The molecule has 0 saturated carbocycles. The van der Waals surface area contributed by atoms with Crippen LogP contribution in [-0.4, -0.2) is 33.9 Å². The largest absolute Gasteiger partial charge is 0.339 e. The number of aryl methyl sites for hydroxylation is 1. The van der Waals surface area contributed by atoms with Gasteiger partial charge in [0.25, 0.3) is 0 Å². The van der Waals surface area contributed by atoms with E-state index >= 15 is 0 Å². The fourth-order valence-corrected chi connectivity index (χ4v) is 3.12. The third kappa shape index (κ3) is 4.26. The lowest BCUT2D eigenvalue weighted by molar-refractivity contribution is 0.101. The van der Waals surface area contributed by atoms with Gasteiger partial charge in [-0.05, 0) is 51.3 Å². The van der Waals surface area contributed by atoms with Crippen LogP contribution in [0.2, 0.25) is 0 Å². The fourth-order valence-electron chi connectivity index (χ4n) is 3.12. The Morgan fingerprint density at radius 2 is 1.96 bits per heavy atom. The van der Waals surface area contributed by atoms with Gasteiger partial charge in [-0.2, -0.15) is 4.98 Å². The maximum atomic E-state index is 11.3. The molecule has 0 spiro atoms. The number of carbonyl (C=O) groups excluding carboxylic acids is 1. The summed E-state index contributed by atoms with van der Waals surface area (Å²) in [5.41, 5.74) is 2.04. The monoisotopic (exact) mass is 313 g/mol. The Hall–Kier alpha value is -2.01. The number of nitrogens with zero attached hydrogens (tertiary/aromatic N) is 3. The Morgan fingerprint density at radius 3 is 2.52 bits per heavy atom. The molecule has 0 atom stereocenters. The number of rotatable bonds is 5.